The van der Waals surface area contributed by atoms with Crippen LogP contribution in [0.3, 0.4) is 0 Å². The van der Waals surface area contributed by atoms with Gasteiger partial charge in [-0.05, 0) is 56.2 Å². The van der Waals surface area contributed by atoms with Crippen LogP contribution in [-0.2, 0) is 27.8 Å². The Labute approximate surface area is 174 Å². The lowest BCUT2D eigenvalue weighted by molar-refractivity contribution is 0.0401. The molecule has 0 bridgehead atoms. The van der Waals surface area contributed by atoms with Crippen LogP contribution >= 0.6 is 0 Å². The molecule has 8 heteroatoms. The molecule has 1 fully saturated rings. The van der Waals surface area contributed by atoms with Crippen LogP contribution in [0.15, 0.2) is 53.4 Å². The Kier molecular flexibility index (Phi) is 4.72. The highest BCUT2D eigenvalue weighted by molar-refractivity contribution is 7.89. The van der Waals surface area contributed by atoms with E-state index in [-0.39, 0.29) is 22.9 Å². The summed E-state index contributed by atoms with van der Waals surface area (Å²) in [4.78, 5) is 0.245. The highest BCUT2D eigenvalue weighted by Gasteiger charge is 2.29. The van der Waals surface area contributed by atoms with Gasteiger partial charge in [0, 0.05) is 23.6 Å². The summed E-state index contributed by atoms with van der Waals surface area (Å²) in [6.45, 7) is 2.44. The van der Waals surface area contributed by atoms with Crippen LogP contribution in [0, 0.1) is 5.82 Å². The number of halogens is 1. The average Bonchev–Trinajstić information content (AvgIpc) is 3.46. The van der Waals surface area contributed by atoms with Gasteiger partial charge in [0.05, 0.1) is 34.7 Å². The van der Waals surface area contributed by atoms with Gasteiger partial charge in [-0.1, -0.05) is 12.1 Å². The molecule has 0 amide bonds. The third-order valence-corrected chi connectivity index (χ3v) is 7.03. The first kappa shape index (κ1) is 19.4. The maximum absolute atomic E-state index is 13.4. The topological polar surface area (TPSA) is 73.2 Å². The molecule has 1 saturated carbocycles. The van der Waals surface area contributed by atoms with Crippen molar-refractivity contribution in [2.24, 2.45) is 0 Å². The summed E-state index contributed by atoms with van der Waals surface area (Å²) >= 11 is 0. The van der Waals surface area contributed by atoms with Crippen LogP contribution in [0.1, 0.15) is 31.0 Å². The second kappa shape index (κ2) is 7.30. The van der Waals surface area contributed by atoms with Crippen molar-refractivity contribution in [3.63, 3.8) is 0 Å². The molecule has 1 aliphatic carbocycles. The molecule has 5 rings (SSSR count). The summed E-state index contributed by atoms with van der Waals surface area (Å²) in [5.41, 5.74) is 4.35. The number of nitrogens with zero attached hydrogens (tertiary/aromatic N) is 2. The number of benzene rings is 2. The van der Waals surface area contributed by atoms with Crippen molar-refractivity contribution < 1.29 is 17.5 Å². The van der Waals surface area contributed by atoms with Crippen molar-refractivity contribution in [1.82, 2.24) is 14.5 Å². The Morgan fingerprint density at radius 1 is 1.10 bits per heavy atom. The molecule has 1 N–H and O–H groups in total. The number of hydrogen-bond acceptors (Lipinski definition) is 4. The van der Waals surface area contributed by atoms with Crippen LogP contribution in [0.25, 0.3) is 16.9 Å². The number of sulfonamides is 1. The number of nitrogens with one attached hydrogen (secondary N) is 1. The van der Waals surface area contributed by atoms with Crippen LogP contribution in [0.4, 0.5) is 4.39 Å². The fourth-order valence-electron chi connectivity index (χ4n) is 3.71. The quantitative estimate of drug-likeness (QED) is 0.676. The largest absolute Gasteiger partial charge is 0.373 e. The normalized spacial score (nSPS) is 18.9. The van der Waals surface area contributed by atoms with Gasteiger partial charge in [0.15, 0.2) is 0 Å². The van der Waals surface area contributed by atoms with Gasteiger partial charge in [-0.3, -0.25) is 0 Å². The first-order chi connectivity index (χ1) is 14.4. The molecule has 0 radical (unpaired) electrons. The lowest BCUT2D eigenvalue weighted by Gasteiger charge is -2.21. The zero-order valence-electron chi connectivity index (χ0n) is 16.5. The number of fused-ring (bicyclic) bond motifs is 1. The summed E-state index contributed by atoms with van der Waals surface area (Å²) < 4.78 is 48.6. The minimum atomic E-state index is -3.50. The van der Waals surface area contributed by atoms with E-state index in [1.165, 1.54) is 12.1 Å². The van der Waals surface area contributed by atoms with Crippen LogP contribution in [0.2, 0.25) is 0 Å². The van der Waals surface area contributed by atoms with E-state index in [1.807, 2.05) is 11.6 Å². The van der Waals surface area contributed by atoms with E-state index in [2.05, 4.69) is 4.72 Å². The highest BCUT2D eigenvalue weighted by atomic mass is 32.2. The van der Waals surface area contributed by atoms with Crippen molar-refractivity contribution in [2.45, 2.75) is 49.8 Å². The van der Waals surface area contributed by atoms with E-state index in [1.54, 1.807) is 36.4 Å². The minimum absolute atomic E-state index is 0.0577. The smallest absolute Gasteiger partial charge is 0.240 e. The second-order valence-corrected chi connectivity index (χ2v) is 9.62. The summed E-state index contributed by atoms with van der Waals surface area (Å²) in [6, 6.07) is 13.1. The molecule has 2 heterocycles. The molecule has 1 atom stereocenters. The maximum Gasteiger partial charge on any atom is 0.240 e. The zero-order chi connectivity index (χ0) is 20.9. The first-order valence-corrected chi connectivity index (χ1v) is 11.5. The third kappa shape index (κ3) is 3.66. The monoisotopic (exact) mass is 427 g/mol. The minimum Gasteiger partial charge on any atom is -0.373 e. The predicted octanol–water partition coefficient (Wildman–Crippen LogP) is 3.58. The summed E-state index contributed by atoms with van der Waals surface area (Å²) in [5, 5.41) is 4.80. The molecule has 1 aliphatic heterocycles. The van der Waals surface area contributed by atoms with Gasteiger partial charge in [0.2, 0.25) is 10.0 Å². The molecule has 2 aliphatic rings. The Morgan fingerprint density at radius 2 is 1.80 bits per heavy atom. The van der Waals surface area contributed by atoms with Gasteiger partial charge in [0.25, 0.3) is 0 Å². The molecule has 156 valence electrons. The number of aromatic nitrogens is 2. The van der Waals surface area contributed by atoms with Crippen LogP contribution < -0.4 is 4.72 Å². The summed E-state index contributed by atoms with van der Waals surface area (Å²) in [6.07, 6.45) is 2.53. The summed E-state index contributed by atoms with van der Waals surface area (Å²) in [5.74, 6) is -0.298. The van der Waals surface area contributed by atoms with Crippen molar-refractivity contribution in [1.29, 1.82) is 0 Å². The molecule has 1 aromatic heterocycles. The second-order valence-electron chi connectivity index (χ2n) is 7.91. The van der Waals surface area contributed by atoms with Gasteiger partial charge in [-0.2, -0.15) is 5.10 Å². The molecule has 0 unspecified atom stereocenters. The molecular weight excluding hydrogens is 405 g/mol. The van der Waals surface area contributed by atoms with Gasteiger partial charge in [-0.15, -0.1) is 0 Å². The van der Waals surface area contributed by atoms with Crippen molar-refractivity contribution in [3.8, 4) is 16.9 Å². The molecule has 0 spiro atoms. The molecular formula is C22H22FN3O3S. The third-order valence-electron chi connectivity index (χ3n) is 5.49. The van der Waals surface area contributed by atoms with E-state index < -0.39 is 10.0 Å². The fraction of sp³-hybridized carbons (Fsp3) is 0.318. The van der Waals surface area contributed by atoms with Gasteiger partial charge < -0.3 is 4.74 Å². The van der Waals surface area contributed by atoms with Crippen molar-refractivity contribution in [2.75, 3.05) is 0 Å². The maximum atomic E-state index is 13.4. The molecule has 2 aromatic carbocycles. The number of rotatable bonds is 5. The zero-order valence-corrected chi connectivity index (χ0v) is 17.3. The van der Waals surface area contributed by atoms with Crippen molar-refractivity contribution >= 4 is 10.0 Å². The fourth-order valence-corrected chi connectivity index (χ4v) is 5.02. The predicted molar refractivity (Wildman–Crippen MR) is 110 cm³/mol. The summed E-state index contributed by atoms with van der Waals surface area (Å²) in [7, 11) is -3.50. The standard InChI is InChI=1S/C22H22FN3O3S/c1-14-12-21-20(13-29-14)22(24-26(21)18-8-4-16(23)5-9-18)15-2-10-19(11-3-15)30(27,28)25-17-6-7-17/h2-5,8-11,14,17,25H,6-7,12-13H2,1H3/t14-/m0/s1. The van der Waals surface area contributed by atoms with Gasteiger partial charge in [0.1, 0.15) is 5.82 Å². The number of ether oxygens (including phenoxy) is 1. The molecule has 30 heavy (non-hydrogen) atoms. The van der Waals surface area contributed by atoms with Crippen LogP contribution in [-0.4, -0.2) is 30.3 Å². The first-order valence-electron chi connectivity index (χ1n) is 10.0. The lowest BCUT2D eigenvalue weighted by atomic mass is 10.0. The van der Waals surface area contributed by atoms with E-state index >= 15 is 0 Å². The van der Waals surface area contributed by atoms with E-state index in [9.17, 15) is 12.8 Å². The Balaban J connectivity index is 1.54. The Morgan fingerprint density at radius 3 is 2.47 bits per heavy atom. The average molecular weight is 428 g/mol. The molecule has 6 nitrogen and oxygen atoms in total. The van der Waals surface area contributed by atoms with Crippen molar-refractivity contribution in [3.05, 3.63) is 65.6 Å². The molecule has 0 saturated heterocycles. The Bertz CT molecular complexity index is 1180. The van der Waals surface area contributed by atoms with E-state index in [0.717, 1.165) is 41.0 Å². The number of hydrogen-bond donors (Lipinski definition) is 1. The molecule has 3 aromatic rings. The van der Waals surface area contributed by atoms with Crippen LogP contribution in [0.5, 0.6) is 0 Å². The van der Waals surface area contributed by atoms with E-state index in [0.29, 0.717) is 13.0 Å². The van der Waals surface area contributed by atoms with Gasteiger partial charge >= 0.3 is 0 Å². The SMILES string of the molecule is C[C@H]1Cc2c(c(-c3ccc(S(=O)(=O)NC4CC4)cc3)nn2-c2ccc(F)cc2)CO1. The highest BCUT2D eigenvalue weighted by Crippen LogP contribution is 2.33. The van der Waals surface area contributed by atoms with Gasteiger partial charge in [-0.25, -0.2) is 22.2 Å². The van der Waals surface area contributed by atoms with E-state index in [4.69, 9.17) is 9.84 Å². The lowest BCUT2D eigenvalue weighted by Crippen LogP contribution is -2.25. The Hall–Kier alpha value is -2.55.